The SMILES string of the molecule is COC(=O)COc1ccc(COC[C@H]2C[C@@]34CC[C@]2(OC)[C@@H]2Oc5c(O)ccc6c5[C@@]23CCN(CC2CC2)[C@@H]4C6)cc1. The molecule has 8 nitrogen and oxygen atoms in total. The maximum atomic E-state index is 11.4. The topological polar surface area (TPSA) is 86.7 Å². The van der Waals surface area contributed by atoms with Gasteiger partial charge >= 0.3 is 5.97 Å². The molecule has 2 aromatic rings. The van der Waals surface area contributed by atoms with Gasteiger partial charge in [-0.1, -0.05) is 18.2 Å². The molecule has 8 heteroatoms. The smallest absolute Gasteiger partial charge is 0.343 e. The summed E-state index contributed by atoms with van der Waals surface area (Å²) < 4.78 is 30.1. The van der Waals surface area contributed by atoms with Crippen molar-refractivity contribution in [3.63, 3.8) is 0 Å². The van der Waals surface area contributed by atoms with E-state index in [4.69, 9.17) is 18.9 Å². The van der Waals surface area contributed by atoms with Crippen LogP contribution in [0.1, 0.15) is 55.2 Å². The molecule has 5 fully saturated rings. The lowest BCUT2D eigenvalue weighted by Crippen LogP contribution is -2.81. The first kappa shape index (κ1) is 26.8. The molecule has 0 radical (unpaired) electrons. The van der Waals surface area contributed by atoms with Gasteiger partial charge in [-0.15, -0.1) is 0 Å². The maximum Gasteiger partial charge on any atom is 0.343 e. The van der Waals surface area contributed by atoms with Crippen molar-refractivity contribution >= 4 is 5.97 Å². The van der Waals surface area contributed by atoms with Crippen LogP contribution < -0.4 is 9.47 Å². The van der Waals surface area contributed by atoms with Crippen molar-refractivity contribution in [2.24, 2.45) is 17.3 Å². The van der Waals surface area contributed by atoms with E-state index in [9.17, 15) is 9.90 Å². The number of phenolic OH excluding ortho intramolecular Hbond substituents is 1. The molecule has 0 aromatic heterocycles. The minimum atomic E-state index is -0.462. The Labute approximate surface area is 247 Å². The Balaban J connectivity index is 1.07. The molecule has 1 N–H and O–H groups in total. The van der Waals surface area contributed by atoms with E-state index in [1.165, 1.54) is 37.6 Å². The molecule has 2 heterocycles. The summed E-state index contributed by atoms with van der Waals surface area (Å²) in [5.41, 5.74) is 3.22. The fraction of sp³-hybridized carbons (Fsp3) is 0.618. The van der Waals surface area contributed by atoms with Crippen molar-refractivity contribution < 1.29 is 33.6 Å². The van der Waals surface area contributed by atoms with Gasteiger partial charge in [0.1, 0.15) is 17.5 Å². The summed E-state index contributed by atoms with van der Waals surface area (Å²) in [5, 5.41) is 11.0. The lowest BCUT2D eigenvalue weighted by Gasteiger charge is -2.74. The Bertz CT molecular complexity index is 1390. The van der Waals surface area contributed by atoms with Crippen molar-refractivity contribution in [2.75, 3.05) is 40.5 Å². The van der Waals surface area contributed by atoms with Gasteiger partial charge in [-0.25, -0.2) is 4.79 Å². The fourth-order valence-electron chi connectivity index (χ4n) is 9.95. The number of esters is 1. The van der Waals surface area contributed by atoms with Gasteiger partial charge in [0, 0.05) is 42.0 Å². The van der Waals surface area contributed by atoms with Crippen LogP contribution in [0, 0.1) is 17.3 Å². The number of fused-ring (bicyclic) bond motifs is 2. The van der Waals surface area contributed by atoms with Gasteiger partial charge in [-0.2, -0.15) is 0 Å². The third-order valence-corrected chi connectivity index (χ3v) is 11.9. The third-order valence-electron chi connectivity index (χ3n) is 11.9. The van der Waals surface area contributed by atoms with E-state index in [-0.39, 0.29) is 35.2 Å². The monoisotopic (exact) mass is 575 g/mol. The number of likely N-dealkylation sites (tertiary alicyclic amines) is 1. The first-order valence-electron chi connectivity index (χ1n) is 15.6. The molecule has 0 amide bonds. The third kappa shape index (κ3) is 3.61. The highest BCUT2D eigenvalue weighted by Crippen LogP contribution is 2.76. The molecule has 1 saturated heterocycles. The van der Waals surface area contributed by atoms with Gasteiger partial charge in [0.2, 0.25) is 0 Å². The van der Waals surface area contributed by atoms with Gasteiger partial charge in [0.05, 0.1) is 20.3 Å². The molecular weight excluding hydrogens is 534 g/mol. The van der Waals surface area contributed by atoms with E-state index < -0.39 is 11.6 Å². The molecule has 2 aliphatic heterocycles. The highest BCUT2D eigenvalue weighted by molar-refractivity contribution is 5.70. The predicted molar refractivity (Wildman–Crippen MR) is 154 cm³/mol. The molecular formula is C34H41NO7. The summed E-state index contributed by atoms with van der Waals surface area (Å²) in [6, 6.07) is 12.1. The van der Waals surface area contributed by atoms with Gasteiger partial charge < -0.3 is 28.8 Å². The number of methoxy groups -OCH3 is 2. The second kappa shape index (κ2) is 9.60. The fourth-order valence-corrected chi connectivity index (χ4v) is 9.95. The van der Waals surface area contributed by atoms with Crippen LogP contribution in [0.25, 0.3) is 0 Å². The number of piperidine rings is 1. The molecule has 2 spiro atoms. The van der Waals surface area contributed by atoms with Gasteiger partial charge in [0.25, 0.3) is 0 Å². The van der Waals surface area contributed by atoms with Gasteiger partial charge in [0.15, 0.2) is 18.1 Å². The normalized spacial score (nSPS) is 35.4. The molecule has 5 aliphatic carbocycles. The Morgan fingerprint density at radius 3 is 2.69 bits per heavy atom. The number of carbonyl (C=O) groups is 1. The first-order chi connectivity index (χ1) is 20.4. The van der Waals surface area contributed by atoms with E-state index in [0.717, 1.165) is 55.9 Å². The standard InChI is InChI=1S/C34H41NO7/c1-38-28(37)20-41-25-8-5-22(6-9-25)18-40-19-24-16-32-11-12-34(24,39-2)31-33(32)13-14-35(17-21-3-4-21)27(32)15-23-7-10-26(36)30(42-31)29(23)33/h5-10,21,24,27,31,36H,3-4,11-20H2,1-2H3/t24-,27-,31-,32-,33+,34-/m1/s1. The average molecular weight is 576 g/mol. The minimum Gasteiger partial charge on any atom is -0.504 e. The molecule has 7 aliphatic rings. The summed E-state index contributed by atoms with van der Waals surface area (Å²) in [6.07, 6.45) is 7.84. The number of carbonyl (C=O) groups excluding carboxylic acids is 1. The lowest BCUT2D eigenvalue weighted by molar-refractivity contribution is -0.283. The number of phenols is 1. The van der Waals surface area contributed by atoms with E-state index in [1.807, 2.05) is 37.4 Å². The van der Waals surface area contributed by atoms with Crippen molar-refractivity contribution in [3.05, 3.63) is 53.1 Å². The Morgan fingerprint density at radius 2 is 1.93 bits per heavy atom. The highest BCUT2D eigenvalue weighted by atomic mass is 16.6. The molecule has 2 aromatic carbocycles. The summed E-state index contributed by atoms with van der Waals surface area (Å²) in [4.78, 5) is 14.2. The Morgan fingerprint density at radius 1 is 1.10 bits per heavy atom. The van der Waals surface area contributed by atoms with Crippen LogP contribution in [0.2, 0.25) is 0 Å². The minimum absolute atomic E-state index is 0.0871. The van der Waals surface area contributed by atoms with E-state index in [2.05, 4.69) is 15.7 Å². The lowest BCUT2D eigenvalue weighted by atomic mass is 9.35. The summed E-state index contributed by atoms with van der Waals surface area (Å²) in [5.74, 6) is 2.25. The molecule has 4 saturated carbocycles. The maximum absolute atomic E-state index is 11.4. The average Bonchev–Trinajstić information content (AvgIpc) is 3.76. The predicted octanol–water partition coefficient (Wildman–Crippen LogP) is 4.39. The van der Waals surface area contributed by atoms with Crippen LogP contribution >= 0.6 is 0 Å². The number of rotatable bonds is 10. The molecule has 4 bridgehead atoms. The molecule has 6 atom stereocenters. The van der Waals surface area contributed by atoms with Crippen LogP contribution in [0.4, 0.5) is 0 Å². The largest absolute Gasteiger partial charge is 0.504 e. The number of nitrogens with zero attached hydrogens (tertiary/aromatic N) is 1. The number of hydrogen-bond donors (Lipinski definition) is 1. The quantitative estimate of drug-likeness (QED) is 0.418. The van der Waals surface area contributed by atoms with Gasteiger partial charge in [-0.3, -0.25) is 4.90 Å². The Kier molecular flexibility index (Phi) is 6.12. The van der Waals surface area contributed by atoms with Crippen molar-refractivity contribution in [1.82, 2.24) is 4.90 Å². The number of ether oxygens (including phenoxy) is 5. The zero-order valence-corrected chi connectivity index (χ0v) is 24.6. The van der Waals surface area contributed by atoms with Crippen molar-refractivity contribution in [1.29, 1.82) is 0 Å². The van der Waals surface area contributed by atoms with Crippen LogP contribution in [0.5, 0.6) is 17.2 Å². The second-order valence-electron chi connectivity index (χ2n) is 13.6. The van der Waals surface area contributed by atoms with E-state index in [1.54, 1.807) is 0 Å². The van der Waals surface area contributed by atoms with Crippen LogP contribution in [0.15, 0.2) is 36.4 Å². The zero-order chi connectivity index (χ0) is 28.7. The molecule has 9 rings (SSSR count). The van der Waals surface area contributed by atoms with Crippen molar-refractivity contribution in [2.45, 2.75) is 74.7 Å². The molecule has 42 heavy (non-hydrogen) atoms. The van der Waals surface area contributed by atoms with E-state index >= 15 is 0 Å². The number of aromatic hydroxyl groups is 1. The Hall–Kier alpha value is -2.81. The van der Waals surface area contributed by atoms with E-state index in [0.29, 0.717) is 25.0 Å². The molecule has 224 valence electrons. The summed E-state index contributed by atoms with van der Waals surface area (Å²) >= 11 is 0. The zero-order valence-electron chi connectivity index (χ0n) is 24.6. The van der Waals surface area contributed by atoms with Gasteiger partial charge in [-0.05, 0) is 86.7 Å². The number of hydrogen-bond acceptors (Lipinski definition) is 8. The highest BCUT2D eigenvalue weighted by Gasteiger charge is 2.80. The second-order valence-corrected chi connectivity index (χ2v) is 13.6. The van der Waals surface area contributed by atoms with Crippen LogP contribution in [-0.4, -0.2) is 74.2 Å². The summed E-state index contributed by atoms with van der Waals surface area (Å²) in [7, 11) is 3.20. The van der Waals surface area contributed by atoms with Crippen molar-refractivity contribution in [3.8, 4) is 17.2 Å². The summed E-state index contributed by atoms with van der Waals surface area (Å²) in [6.45, 7) is 3.28. The number of benzene rings is 2. The molecule has 0 unspecified atom stereocenters. The van der Waals surface area contributed by atoms with Crippen LogP contribution in [-0.2, 0) is 37.4 Å². The van der Waals surface area contributed by atoms with Crippen LogP contribution in [0.3, 0.4) is 0 Å². The first-order valence-corrected chi connectivity index (χ1v) is 15.6.